The standard InChI is InChI=1S/C22H23FN2O2/c23-17-4-5-19-20(13-17)27-24-21(19)14-6-9-25(10-7-14)11-8-16-12-15-2-1-3-18(15)22(16)26/h1-5,13-14,16,18H,6-12H2. The summed E-state index contributed by atoms with van der Waals surface area (Å²) < 4.78 is 18.7. The van der Waals surface area contributed by atoms with Crippen molar-refractivity contribution in [2.75, 3.05) is 19.6 Å². The van der Waals surface area contributed by atoms with Gasteiger partial charge in [-0.1, -0.05) is 29.0 Å². The van der Waals surface area contributed by atoms with Crippen LogP contribution in [0.5, 0.6) is 0 Å². The van der Waals surface area contributed by atoms with Gasteiger partial charge in [0.05, 0.1) is 11.6 Å². The van der Waals surface area contributed by atoms with Gasteiger partial charge in [0.1, 0.15) is 11.6 Å². The van der Waals surface area contributed by atoms with Crippen LogP contribution in [-0.4, -0.2) is 35.5 Å². The van der Waals surface area contributed by atoms with Crippen molar-refractivity contribution in [3.05, 3.63) is 53.5 Å². The highest BCUT2D eigenvalue weighted by atomic mass is 19.1. The normalized spacial score (nSPS) is 26.1. The van der Waals surface area contributed by atoms with E-state index in [1.165, 1.54) is 17.7 Å². The second-order valence-electron chi connectivity index (χ2n) is 8.02. The van der Waals surface area contributed by atoms with Crippen LogP contribution >= 0.6 is 0 Å². The lowest BCUT2D eigenvalue weighted by Crippen LogP contribution is -2.35. The van der Waals surface area contributed by atoms with E-state index in [0.29, 0.717) is 17.3 Å². The van der Waals surface area contributed by atoms with Crippen molar-refractivity contribution >= 4 is 16.8 Å². The number of allylic oxidation sites excluding steroid dienone is 4. The fourth-order valence-electron chi connectivity index (χ4n) is 4.87. The molecule has 0 bridgehead atoms. The number of fused-ring (bicyclic) bond motifs is 2. The molecule has 140 valence electrons. The lowest BCUT2D eigenvalue weighted by atomic mass is 9.91. The van der Waals surface area contributed by atoms with Gasteiger partial charge < -0.3 is 9.42 Å². The maximum absolute atomic E-state index is 13.3. The van der Waals surface area contributed by atoms with Crippen molar-refractivity contribution < 1.29 is 13.7 Å². The van der Waals surface area contributed by atoms with Crippen LogP contribution in [0, 0.1) is 17.7 Å². The zero-order valence-corrected chi connectivity index (χ0v) is 15.2. The van der Waals surface area contributed by atoms with Crippen LogP contribution in [0.15, 0.2) is 46.5 Å². The number of hydrogen-bond donors (Lipinski definition) is 0. The van der Waals surface area contributed by atoms with Crippen molar-refractivity contribution in [2.45, 2.75) is 31.6 Å². The predicted molar refractivity (Wildman–Crippen MR) is 101 cm³/mol. The van der Waals surface area contributed by atoms with E-state index in [4.69, 9.17) is 4.52 Å². The number of ketones is 1. The van der Waals surface area contributed by atoms with Crippen molar-refractivity contribution in [1.29, 1.82) is 0 Å². The van der Waals surface area contributed by atoms with Crippen LogP contribution < -0.4 is 0 Å². The molecule has 5 rings (SSSR count). The summed E-state index contributed by atoms with van der Waals surface area (Å²) in [5.74, 6) is 0.739. The number of rotatable bonds is 4. The van der Waals surface area contributed by atoms with Crippen LogP contribution in [0.3, 0.4) is 0 Å². The van der Waals surface area contributed by atoms with Crippen molar-refractivity contribution in [1.82, 2.24) is 10.1 Å². The maximum atomic E-state index is 13.3. The zero-order chi connectivity index (χ0) is 18.4. The highest BCUT2D eigenvalue weighted by Gasteiger charge is 2.37. The molecule has 1 aliphatic heterocycles. The molecule has 2 aromatic rings. The molecule has 1 saturated heterocycles. The van der Waals surface area contributed by atoms with Gasteiger partial charge in [-0.15, -0.1) is 0 Å². The molecular weight excluding hydrogens is 343 g/mol. The van der Waals surface area contributed by atoms with Gasteiger partial charge in [0.25, 0.3) is 0 Å². The highest BCUT2D eigenvalue weighted by Crippen LogP contribution is 2.39. The van der Waals surface area contributed by atoms with E-state index in [1.54, 1.807) is 6.07 Å². The Morgan fingerprint density at radius 1 is 1.26 bits per heavy atom. The van der Waals surface area contributed by atoms with Crippen LogP contribution in [-0.2, 0) is 4.79 Å². The third kappa shape index (κ3) is 3.04. The molecule has 4 nitrogen and oxygen atoms in total. The van der Waals surface area contributed by atoms with Gasteiger partial charge >= 0.3 is 0 Å². The lowest BCUT2D eigenvalue weighted by molar-refractivity contribution is -0.122. The first-order chi connectivity index (χ1) is 13.2. The van der Waals surface area contributed by atoms with Crippen LogP contribution in [0.1, 0.15) is 37.3 Å². The number of carbonyl (C=O) groups is 1. The Morgan fingerprint density at radius 3 is 2.93 bits per heavy atom. The summed E-state index contributed by atoms with van der Waals surface area (Å²) in [6.07, 6.45) is 10.1. The quantitative estimate of drug-likeness (QED) is 0.812. The van der Waals surface area contributed by atoms with Gasteiger partial charge in [-0.25, -0.2) is 4.39 Å². The fourth-order valence-corrected chi connectivity index (χ4v) is 4.87. The molecule has 3 aliphatic rings. The molecule has 1 saturated carbocycles. The van der Waals surface area contributed by atoms with Gasteiger partial charge in [-0.2, -0.15) is 0 Å². The van der Waals surface area contributed by atoms with Gasteiger partial charge in [0.2, 0.25) is 0 Å². The number of likely N-dealkylation sites (tertiary alicyclic amines) is 1. The van der Waals surface area contributed by atoms with E-state index in [9.17, 15) is 9.18 Å². The molecule has 0 amide bonds. The first-order valence-electron chi connectivity index (χ1n) is 9.87. The van der Waals surface area contributed by atoms with Gasteiger partial charge in [-0.05, 0) is 57.5 Å². The Hall–Kier alpha value is -2.27. The molecule has 1 aromatic carbocycles. The molecule has 2 aliphatic carbocycles. The second-order valence-corrected chi connectivity index (χ2v) is 8.02. The topological polar surface area (TPSA) is 46.3 Å². The first kappa shape index (κ1) is 16.9. The first-order valence-corrected chi connectivity index (χ1v) is 9.87. The van der Waals surface area contributed by atoms with E-state index in [1.807, 2.05) is 12.2 Å². The fraction of sp³-hybridized carbons (Fsp3) is 0.455. The maximum Gasteiger partial charge on any atom is 0.170 e. The summed E-state index contributed by atoms with van der Waals surface area (Å²) in [5, 5.41) is 5.15. The summed E-state index contributed by atoms with van der Waals surface area (Å²) in [6.45, 7) is 3.00. The minimum absolute atomic E-state index is 0.0750. The number of Topliss-reactive ketones (excluding diaryl/α,β-unsaturated/α-hetero) is 1. The number of nitrogens with zero attached hydrogens (tertiary/aromatic N) is 2. The van der Waals surface area contributed by atoms with E-state index >= 15 is 0 Å². The number of carbonyl (C=O) groups excluding carboxylic acids is 1. The molecule has 2 heterocycles. The number of hydrogen-bond acceptors (Lipinski definition) is 4. The third-order valence-electron chi connectivity index (χ3n) is 6.43. The Bertz CT molecular complexity index is 937. The highest BCUT2D eigenvalue weighted by molar-refractivity contribution is 5.92. The van der Waals surface area contributed by atoms with E-state index < -0.39 is 0 Å². The largest absolute Gasteiger partial charge is 0.356 e. The summed E-state index contributed by atoms with van der Waals surface area (Å²) in [4.78, 5) is 14.9. The summed E-state index contributed by atoms with van der Waals surface area (Å²) in [7, 11) is 0. The lowest BCUT2D eigenvalue weighted by Gasteiger charge is -2.31. The molecule has 1 aromatic heterocycles. The third-order valence-corrected chi connectivity index (χ3v) is 6.43. The zero-order valence-electron chi connectivity index (χ0n) is 15.2. The number of halogens is 1. The molecule has 2 atom stereocenters. The van der Waals surface area contributed by atoms with Crippen molar-refractivity contribution in [2.24, 2.45) is 11.8 Å². The molecule has 0 spiro atoms. The molecule has 5 heteroatoms. The number of benzene rings is 1. The van der Waals surface area contributed by atoms with Gasteiger partial charge in [-0.3, -0.25) is 4.79 Å². The van der Waals surface area contributed by atoms with E-state index in [0.717, 1.165) is 56.4 Å². The predicted octanol–water partition coefficient (Wildman–Crippen LogP) is 4.24. The second kappa shape index (κ2) is 6.71. The number of piperidine rings is 1. The Morgan fingerprint density at radius 2 is 2.11 bits per heavy atom. The van der Waals surface area contributed by atoms with Crippen LogP contribution in [0.4, 0.5) is 4.39 Å². The monoisotopic (exact) mass is 366 g/mol. The molecular formula is C22H23FN2O2. The SMILES string of the molecule is O=C1C(CCN2CCC(c3noc4cc(F)ccc34)CC2)CC2=CC=CC12. The minimum atomic E-state index is -0.295. The van der Waals surface area contributed by atoms with Crippen molar-refractivity contribution in [3.63, 3.8) is 0 Å². The summed E-state index contributed by atoms with van der Waals surface area (Å²) in [5.41, 5.74) is 2.79. The van der Waals surface area contributed by atoms with Gasteiger partial charge in [0, 0.05) is 23.3 Å². The molecule has 0 radical (unpaired) electrons. The summed E-state index contributed by atoms with van der Waals surface area (Å²) in [6, 6.07) is 4.64. The molecule has 27 heavy (non-hydrogen) atoms. The summed E-state index contributed by atoms with van der Waals surface area (Å²) >= 11 is 0. The molecule has 2 fully saturated rings. The Kier molecular flexibility index (Phi) is 4.20. The molecule has 0 N–H and O–H groups in total. The number of aromatic nitrogens is 1. The smallest absolute Gasteiger partial charge is 0.170 e. The Labute approximate surface area is 157 Å². The van der Waals surface area contributed by atoms with E-state index in [2.05, 4.69) is 16.1 Å². The van der Waals surface area contributed by atoms with Gasteiger partial charge in [0.15, 0.2) is 5.58 Å². The van der Waals surface area contributed by atoms with Crippen molar-refractivity contribution in [3.8, 4) is 0 Å². The average molecular weight is 366 g/mol. The molecule has 2 unspecified atom stereocenters. The van der Waals surface area contributed by atoms with Crippen LogP contribution in [0.25, 0.3) is 11.0 Å². The average Bonchev–Trinajstić information content (AvgIpc) is 3.37. The minimum Gasteiger partial charge on any atom is -0.356 e. The Balaban J connectivity index is 1.17. The van der Waals surface area contributed by atoms with Crippen LogP contribution in [0.2, 0.25) is 0 Å². The van der Waals surface area contributed by atoms with E-state index in [-0.39, 0.29) is 17.7 Å².